The van der Waals surface area contributed by atoms with Crippen molar-refractivity contribution in [1.82, 2.24) is 15.1 Å². The summed E-state index contributed by atoms with van der Waals surface area (Å²) in [6, 6.07) is 13.6. The van der Waals surface area contributed by atoms with Crippen molar-refractivity contribution >= 4 is 27.5 Å². The Hall–Kier alpha value is -2.40. The van der Waals surface area contributed by atoms with Gasteiger partial charge in [-0.3, -0.25) is 9.62 Å². The van der Waals surface area contributed by atoms with Crippen molar-refractivity contribution < 1.29 is 17.6 Å². The Morgan fingerprint density at radius 2 is 1.74 bits per heavy atom. The number of benzene rings is 2. The SMILES string of the molecule is Cc1ccc(S(=O)(=O)Nc2ccc(-c3nnc(SCCN4CCOCC4)o3)cc2)cc1. The number of aromatic nitrogens is 2. The molecule has 1 aliphatic rings. The summed E-state index contributed by atoms with van der Waals surface area (Å²) in [5, 5.41) is 8.72. The minimum atomic E-state index is -3.64. The highest BCUT2D eigenvalue weighted by atomic mass is 32.2. The van der Waals surface area contributed by atoms with Gasteiger partial charge in [-0.15, -0.1) is 10.2 Å². The van der Waals surface area contributed by atoms with Gasteiger partial charge in [0, 0.05) is 36.6 Å². The second-order valence-electron chi connectivity index (χ2n) is 7.17. The van der Waals surface area contributed by atoms with Gasteiger partial charge in [-0.1, -0.05) is 29.5 Å². The highest BCUT2D eigenvalue weighted by Gasteiger charge is 2.15. The van der Waals surface area contributed by atoms with Crippen LogP contribution in [0.25, 0.3) is 11.5 Å². The first kappa shape index (κ1) is 21.8. The van der Waals surface area contributed by atoms with Gasteiger partial charge < -0.3 is 9.15 Å². The molecule has 0 saturated carbocycles. The third kappa shape index (κ3) is 5.85. The summed E-state index contributed by atoms with van der Waals surface area (Å²) >= 11 is 1.52. The van der Waals surface area contributed by atoms with Crippen LogP contribution in [0, 0.1) is 6.92 Å². The zero-order chi connectivity index (χ0) is 21.7. The van der Waals surface area contributed by atoms with E-state index >= 15 is 0 Å². The van der Waals surface area contributed by atoms with Crippen molar-refractivity contribution in [2.75, 3.05) is 43.3 Å². The molecule has 4 rings (SSSR count). The van der Waals surface area contributed by atoms with Gasteiger partial charge >= 0.3 is 0 Å². The van der Waals surface area contributed by atoms with E-state index in [1.807, 2.05) is 6.92 Å². The molecule has 1 saturated heterocycles. The number of nitrogens with zero attached hydrogens (tertiary/aromatic N) is 3. The summed E-state index contributed by atoms with van der Waals surface area (Å²) in [7, 11) is -3.64. The molecule has 164 valence electrons. The Bertz CT molecular complexity index is 1090. The van der Waals surface area contributed by atoms with E-state index in [4.69, 9.17) is 9.15 Å². The topological polar surface area (TPSA) is 97.6 Å². The molecule has 1 N–H and O–H groups in total. The first-order valence-electron chi connectivity index (χ1n) is 9.96. The zero-order valence-corrected chi connectivity index (χ0v) is 18.8. The first-order valence-corrected chi connectivity index (χ1v) is 12.4. The number of ether oxygens (including phenoxy) is 1. The predicted molar refractivity (Wildman–Crippen MR) is 120 cm³/mol. The van der Waals surface area contributed by atoms with Crippen LogP contribution >= 0.6 is 11.8 Å². The van der Waals surface area contributed by atoms with Crippen LogP contribution in [0.3, 0.4) is 0 Å². The normalized spacial score (nSPS) is 15.1. The monoisotopic (exact) mass is 460 g/mol. The van der Waals surface area contributed by atoms with E-state index in [0.29, 0.717) is 16.8 Å². The molecule has 31 heavy (non-hydrogen) atoms. The molecule has 0 atom stereocenters. The molecule has 0 amide bonds. The molecule has 0 spiro atoms. The number of nitrogens with one attached hydrogen (secondary N) is 1. The van der Waals surface area contributed by atoms with Gasteiger partial charge in [0.1, 0.15) is 0 Å². The van der Waals surface area contributed by atoms with Crippen LogP contribution in [0.5, 0.6) is 0 Å². The van der Waals surface area contributed by atoms with Crippen LogP contribution in [0.1, 0.15) is 5.56 Å². The summed E-state index contributed by atoms with van der Waals surface area (Å²) in [4.78, 5) is 2.57. The van der Waals surface area contributed by atoms with Crippen molar-refractivity contribution in [1.29, 1.82) is 0 Å². The van der Waals surface area contributed by atoms with Crippen LogP contribution in [0.2, 0.25) is 0 Å². The number of sulfonamides is 1. The van der Waals surface area contributed by atoms with Gasteiger partial charge in [0.2, 0.25) is 5.89 Å². The van der Waals surface area contributed by atoms with E-state index in [1.165, 1.54) is 11.8 Å². The number of hydrogen-bond donors (Lipinski definition) is 1. The Morgan fingerprint density at radius 3 is 2.45 bits per heavy atom. The lowest BCUT2D eigenvalue weighted by atomic mass is 10.2. The van der Waals surface area contributed by atoms with Gasteiger partial charge in [-0.25, -0.2) is 8.42 Å². The number of anilines is 1. The summed E-state index contributed by atoms with van der Waals surface area (Å²) in [6.45, 7) is 6.33. The average molecular weight is 461 g/mol. The van der Waals surface area contributed by atoms with Gasteiger partial charge in [0.25, 0.3) is 15.2 Å². The Morgan fingerprint density at radius 1 is 1.03 bits per heavy atom. The molecular weight excluding hydrogens is 436 g/mol. The lowest BCUT2D eigenvalue weighted by Crippen LogP contribution is -2.37. The maximum atomic E-state index is 12.5. The molecule has 0 bridgehead atoms. The molecule has 3 aromatic rings. The summed E-state index contributed by atoms with van der Waals surface area (Å²) in [5.41, 5.74) is 2.19. The summed E-state index contributed by atoms with van der Waals surface area (Å²) in [6.07, 6.45) is 0. The molecule has 2 heterocycles. The number of morpholine rings is 1. The van der Waals surface area contributed by atoms with Crippen molar-refractivity contribution in [3.05, 3.63) is 54.1 Å². The molecular formula is C21H24N4O4S2. The smallest absolute Gasteiger partial charge is 0.276 e. The minimum Gasteiger partial charge on any atom is -0.411 e. The van der Waals surface area contributed by atoms with Gasteiger partial charge in [0.15, 0.2) is 0 Å². The Labute approximate surface area is 186 Å². The lowest BCUT2D eigenvalue weighted by molar-refractivity contribution is 0.0410. The molecule has 0 unspecified atom stereocenters. The van der Waals surface area contributed by atoms with E-state index in [0.717, 1.165) is 49.7 Å². The fourth-order valence-electron chi connectivity index (χ4n) is 3.08. The largest absolute Gasteiger partial charge is 0.411 e. The zero-order valence-electron chi connectivity index (χ0n) is 17.2. The molecule has 10 heteroatoms. The van der Waals surface area contributed by atoms with E-state index in [9.17, 15) is 8.42 Å². The van der Waals surface area contributed by atoms with Crippen LogP contribution in [-0.4, -0.2) is 62.1 Å². The second kappa shape index (κ2) is 9.82. The fraction of sp³-hybridized carbons (Fsp3) is 0.333. The van der Waals surface area contributed by atoms with Crippen molar-refractivity contribution in [2.24, 2.45) is 0 Å². The maximum Gasteiger partial charge on any atom is 0.276 e. The number of aryl methyl sites for hydroxylation is 1. The van der Waals surface area contributed by atoms with Crippen LogP contribution in [0.15, 0.2) is 63.1 Å². The van der Waals surface area contributed by atoms with Crippen molar-refractivity contribution in [3.63, 3.8) is 0 Å². The molecule has 1 aliphatic heterocycles. The fourth-order valence-corrected chi connectivity index (χ4v) is 4.90. The first-order chi connectivity index (χ1) is 15.0. The molecule has 0 aliphatic carbocycles. The molecule has 1 aromatic heterocycles. The predicted octanol–water partition coefficient (Wildman–Crippen LogP) is 3.27. The van der Waals surface area contributed by atoms with Gasteiger partial charge in [-0.05, 0) is 43.3 Å². The van der Waals surface area contributed by atoms with Crippen LogP contribution in [-0.2, 0) is 14.8 Å². The molecule has 1 fully saturated rings. The van der Waals surface area contributed by atoms with E-state index < -0.39 is 10.0 Å². The standard InChI is InChI=1S/C21H24N4O4S2/c1-16-2-8-19(9-3-16)31(26,27)24-18-6-4-17(5-7-18)20-22-23-21(29-20)30-15-12-25-10-13-28-14-11-25/h2-9,24H,10-15H2,1H3. The Balaban J connectivity index is 1.34. The molecule has 2 aromatic carbocycles. The Kier molecular flexibility index (Phi) is 6.91. The summed E-state index contributed by atoms with van der Waals surface area (Å²) in [5.74, 6) is 1.27. The highest BCUT2D eigenvalue weighted by molar-refractivity contribution is 7.99. The van der Waals surface area contributed by atoms with Crippen LogP contribution in [0.4, 0.5) is 5.69 Å². The maximum absolute atomic E-state index is 12.5. The molecule has 0 radical (unpaired) electrons. The van der Waals surface area contributed by atoms with E-state index in [-0.39, 0.29) is 4.90 Å². The number of thioether (sulfide) groups is 1. The lowest BCUT2D eigenvalue weighted by Gasteiger charge is -2.25. The molecule has 8 nitrogen and oxygen atoms in total. The third-order valence-electron chi connectivity index (χ3n) is 4.86. The third-order valence-corrected chi connectivity index (χ3v) is 7.05. The second-order valence-corrected chi connectivity index (χ2v) is 9.90. The van der Waals surface area contributed by atoms with Crippen molar-refractivity contribution in [3.8, 4) is 11.5 Å². The summed E-state index contributed by atoms with van der Waals surface area (Å²) < 4.78 is 38.7. The van der Waals surface area contributed by atoms with Crippen molar-refractivity contribution in [2.45, 2.75) is 17.0 Å². The number of hydrogen-bond acceptors (Lipinski definition) is 8. The van der Waals surface area contributed by atoms with E-state index in [1.54, 1.807) is 48.5 Å². The quantitative estimate of drug-likeness (QED) is 0.512. The average Bonchev–Trinajstić information content (AvgIpc) is 3.24. The highest BCUT2D eigenvalue weighted by Crippen LogP contribution is 2.25. The minimum absolute atomic E-state index is 0.220. The van der Waals surface area contributed by atoms with E-state index in [2.05, 4.69) is 19.8 Å². The van der Waals surface area contributed by atoms with Gasteiger partial charge in [0.05, 0.1) is 18.1 Å². The van der Waals surface area contributed by atoms with Gasteiger partial charge in [-0.2, -0.15) is 0 Å². The number of rotatable bonds is 8. The van der Waals surface area contributed by atoms with Crippen LogP contribution < -0.4 is 4.72 Å².